The Morgan fingerprint density at radius 1 is 1.91 bits per heavy atom. The van der Waals surface area contributed by atoms with Crippen molar-refractivity contribution in [1.82, 2.24) is 4.98 Å². The highest BCUT2D eigenvalue weighted by molar-refractivity contribution is 7.11. The third kappa shape index (κ3) is 2.55. The van der Waals surface area contributed by atoms with Crippen molar-refractivity contribution >= 4 is 17.3 Å². The molecule has 0 amide bonds. The Labute approximate surface area is 67.5 Å². The number of aryl methyl sites for hydroxylation is 1. The lowest BCUT2D eigenvalue weighted by Gasteiger charge is -1.94. The highest BCUT2D eigenvalue weighted by Crippen LogP contribution is 2.16. The average Bonchev–Trinajstić information content (AvgIpc) is 2.31. The van der Waals surface area contributed by atoms with E-state index in [4.69, 9.17) is 9.84 Å². The molecule has 0 aliphatic rings. The zero-order chi connectivity index (χ0) is 8.27. The number of ether oxygens (including phenoxy) is 1. The first kappa shape index (κ1) is 8.00. The van der Waals surface area contributed by atoms with E-state index in [1.165, 1.54) is 11.3 Å². The SMILES string of the molecule is Cc1csc(OCC(=O)O)n1. The molecule has 4 nitrogen and oxygen atoms in total. The normalized spacial score (nSPS) is 9.55. The third-order valence-corrected chi connectivity index (χ3v) is 1.79. The number of hydrogen-bond donors (Lipinski definition) is 1. The number of carboxylic acids is 1. The minimum Gasteiger partial charge on any atom is -0.479 e. The first-order valence-electron chi connectivity index (χ1n) is 2.95. The van der Waals surface area contributed by atoms with E-state index in [1.807, 2.05) is 6.92 Å². The molecule has 0 spiro atoms. The summed E-state index contributed by atoms with van der Waals surface area (Å²) in [5.74, 6) is -0.988. The summed E-state index contributed by atoms with van der Waals surface area (Å²) in [5, 5.41) is 10.4. The molecule has 60 valence electrons. The van der Waals surface area contributed by atoms with Crippen LogP contribution in [0.25, 0.3) is 0 Å². The standard InChI is InChI=1S/C6H7NO3S/c1-4-3-11-6(7-4)10-2-5(8)9/h3H,2H2,1H3,(H,8,9). The van der Waals surface area contributed by atoms with Crippen LogP contribution >= 0.6 is 11.3 Å². The van der Waals surface area contributed by atoms with E-state index in [2.05, 4.69) is 4.98 Å². The molecule has 11 heavy (non-hydrogen) atoms. The van der Waals surface area contributed by atoms with Crippen molar-refractivity contribution in [2.75, 3.05) is 6.61 Å². The van der Waals surface area contributed by atoms with Crippen molar-refractivity contribution < 1.29 is 14.6 Å². The van der Waals surface area contributed by atoms with Crippen LogP contribution in [-0.4, -0.2) is 22.7 Å². The van der Waals surface area contributed by atoms with Gasteiger partial charge in [-0.25, -0.2) is 9.78 Å². The lowest BCUT2D eigenvalue weighted by Crippen LogP contribution is -2.09. The van der Waals surface area contributed by atoms with Gasteiger partial charge in [-0.3, -0.25) is 0 Å². The first-order chi connectivity index (χ1) is 5.18. The van der Waals surface area contributed by atoms with E-state index in [0.717, 1.165) is 5.69 Å². The predicted octanol–water partition coefficient (Wildman–Crippen LogP) is 0.915. The highest BCUT2D eigenvalue weighted by Gasteiger charge is 2.01. The second-order valence-electron chi connectivity index (χ2n) is 1.94. The van der Waals surface area contributed by atoms with Gasteiger partial charge >= 0.3 is 5.97 Å². The maximum atomic E-state index is 10.0. The molecule has 0 unspecified atom stereocenters. The largest absolute Gasteiger partial charge is 0.479 e. The maximum Gasteiger partial charge on any atom is 0.341 e. The topological polar surface area (TPSA) is 59.4 Å². The van der Waals surface area contributed by atoms with E-state index in [1.54, 1.807) is 5.38 Å². The van der Waals surface area contributed by atoms with Crippen LogP contribution in [0.15, 0.2) is 5.38 Å². The molecule has 5 heteroatoms. The molecule has 0 saturated heterocycles. The Bertz CT molecular complexity index is 258. The van der Waals surface area contributed by atoms with E-state index in [-0.39, 0.29) is 6.61 Å². The van der Waals surface area contributed by atoms with Crippen LogP contribution < -0.4 is 4.74 Å². The molecule has 1 N–H and O–H groups in total. The molecular weight excluding hydrogens is 166 g/mol. The maximum absolute atomic E-state index is 10.0. The number of carbonyl (C=O) groups is 1. The molecular formula is C6H7NO3S. The number of hydrogen-bond acceptors (Lipinski definition) is 4. The fraction of sp³-hybridized carbons (Fsp3) is 0.333. The summed E-state index contributed by atoms with van der Waals surface area (Å²) >= 11 is 1.29. The van der Waals surface area contributed by atoms with Gasteiger partial charge in [-0.05, 0) is 6.92 Å². The molecule has 0 aromatic carbocycles. The van der Waals surface area contributed by atoms with Gasteiger partial charge in [0.15, 0.2) is 6.61 Å². The van der Waals surface area contributed by atoms with Gasteiger partial charge in [-0.2, -0.15) is 0 Å². The fourth-order valence-electron chi connectivity index (χ4n) is 0.522. The van der Waals surface area contributed by atoms with E-state index < -0.39 is 5.97 Å². The fourth-order valence-corrected chi connectivity index (χ4v) is 1.17. The smallest absolute Gasteiger partial charge is 0.341 e. The zero-order valence-corrected chi connectivity index (χ0v) is 6.72. The highest BCUT2D eigenvalue weighted by atomic mass is 32.1. The summed E-state index contributed by atoms with van der Waals surface area (Å²) in [6.07, 6.45) is 0. The van der Waals surface area contributed by atoms with Crippen LogP contribution in [0.3, 0.4) is 0 Å². The van der Waals surface area contributed by atoms with E-state index >= 15 is 0 Å². The summed E-state index contributed by atoms with van der Waals surface area (Å²) in [4.78, 5) is 13.9. The van der Waals surface area contributed by atoms with Gasteiger partial charge in [-0.1, -0.05) is 11.3 Å². The van der Waals surface area contributed by atoms with Gasteiger partial charge in [0.05, 0.1) is 5.69 Å². The molecule has 1 aromatic rings. The number of rotatable bonds is 3. The third-order valence-electron chi connectivity index (χ3n) is 0.917. The lowest BCUT2D eigenvalue weighted by atomic mass is 10.6. The second-order valence-corrected chi connectivity index (χ2v) is 2.76. The van der Waals surface area contributed by atoms with E-state index in [9.17, 15) is 4.79 Å². The predicted molar refractivity (Wildman–Crippen MR) is 40.0 cm³/mol. The van der Waals surface area contributed by atoms with Crippen molar-refractivity contribution in [2.45, 2.75) is 6.92 Å². The van der Waals surface area contributed by atoms with E-state index in [0.29, 0.717) is 5.19 Å². The van der Waals surface area contributed by atoms with Crippen LogP contribution in [0.5, 0.6) is 5.19 Å². The molecule has 0 fully saturated rings. The van der Waals surface area contributed by atoms with Crippen molar-refractivity contribution in [2.24, 2.45) is 0 Å². The minimum atomic E-state index is -0.988. The summed E-state index contributed by atoms with van der Waals surface area (Å²) < 4.78 is 4.80. The molecule has 1 heterocycles. The molecule has 0 atom stereocenters. The second kappa shape index (κ2) is 3.34. The van der Waals surface area contributed by atoms with Gasteiger partial charge in [0.25, 0.3) is 5.19 Å². The number of aromatic nitrogens is 1. The first-order valence-corrected chi connectivity index (χ1v) is 3.83. The molecule has 0 aliphatic carbocycles. The van der Waals surface area contributed by atoms with Crippen molar-refractivity contribution in [1.29, 1.82) is 0 Å². The molecule has 0 saturated carbocycles. The van der Waals surface area contributed by atoms with Gasteiger partial charge in [-0.15, -0.1) is 0 Å². The number of aliphatic carboxylic acids is 1. The average molecular weight is 173 g/mol. The Hall–Kier alpha value is -1.10. The molecule has 1 rings (SSSR count). The van der Waals surface area contributed by atoms with Gasteiger partial charge in [0.2, 0.25) is 0 Å². The molecule has 0 aliphatic heterocycles. The molecule has 0 radical (unpaired) electrons. The Balaban J connectivity index is 2.45. The quantitative estimate of drug-likeness (QED) is 0.738. The van der Waals surface area contributed by atoms with Crippen molar-refractivity contribution in [3.63, 3.8) is 0 Å². The summed E-state index contributed by atoms with van der Waals surface area (Å²) in [5.41, 5.74) is 0.843. The van der Waals surface area contributed by atoms with Crippen LogP contribution in [0, 0.1) is 6.92 Å². The van der Waals surface area contributed by atoms with Gasteiger partial charge in [0, 0.05) is 5.38 Å². The van der Waals surface area contributed by atoms with Crippen LogP contribution in [0.4, 0.5) is 0 Å². The van der Waals surface area contributed by atoms with Crippen LogP contribution in [-0.2, 0) is 4.79 Å². The van der Waals surface area contributed by atoms with Crippen LogP contribution in [0.1, 0.15) is 5.69 Å². The number of thiazole rings is 1. The zero-order valence-electron chi connectivity index (χ0n) is 5.90. The van der Waals surface area contributed by atoms with Crippen LogP contribution in [0.2, 0.25) is 0 Å². The summed E-state index contributed by atoms with van der Waals surface area (Å²) in [6, 6.07) is 0. The number of carboxylic acid groups (broad SMARTS) is 1. The monoisotopic (exact) mass is 173 g/mol. The summed E-state index contributed by atoms with van der Waals surface area (Å²) in [6.45, 7) is 1.50. The lowest BCUT2D eigenvalue weighted by molar-refractivity contribution is -0.139. The number of nitrogens with zero attached hydrogens (tertiary/aromatic N) is 1. The van der Waals surface area contributed by atoms with Crippen molar-refractivity contribution in [3.8, 4) is 5.19 Å². The molecule has 1 aromatic heterocycles. The summed E-state index contributed by atoms with van der Waals surface area (Å²) in [7, 11) is 0. The van der Waals surface area contributed by atoms with Crippen molar-refractivity contribution in [3.05, 3.63) is 11.1 Å². The minimum absolute atomic E-state index is 0.326. The molecule has 0 bridgehead atoms. The Morgan fingerprint density at radius 2 is 2.64 bits per heavy atom. The Kier molecular flexibility index (Phi) is 2.43. The Morgan fingerprint density at radius 3 is 3.09 bits per heavy atom. The van der Waals surface area contributed by atoms with Gasteiger partial charge < -0.3 is 9.84 Å². The van der Waals surface area contributed by atoms with Gasteiger partial charge in [0.1, 0.15) is 0 Å².